The summed E-state index contributed by atoms with van der Waals surface area (Å²) in [4.78, 5) is 10.9. The number of aromatic nitrogens is 2. The van der Waals surface area contributed by atoms with Crippen LogP contribution < -0.4 is 0 Å². The summed E-state index contributed by atoms with van der Waals surface area (Å²) in [5.74, 6) is 0.676. The second kappa shape index (κ2) is 11.1. The SMILES string of the molecule is C/C1=C(/c2ccccc2)N=C(n2c3ccccc3c3cc4c5ccccc5n(-c5ccccc5)c4cc32)N=C(c2ccccc2)CC1. The zero-order valence-corrected chi connectivity index (χ0v) is 26.1. The van der Waals surface area contributed by atoms with E-state index >= 15 is 0 Å². The van der Waals surface area contributed by atoms with Crippen LogP contribution in [0.4, 0.5) is 0 Å². The first-order chi connectivity index (χ1) is 23.2. The smallest absolute Gasteiger partial charge is 0.235 e. The number of allylic oxidation sites excluding steroid dienone is 1. The van der Waals surface area contributed by atoms with Crippen LogP contribution in [-0.4, -0.2) is 20.8 Å². The van der Waals surface area contributed by atoms with Gasteiger partial charge in [0.1, 0.15) is 0 Å². The third kappa shape index (κ3) is 4.52. The number of nitrogens with zero attached hydrogens (tertiary/aromatic N) is 4. The maximum absolute atomic E-state index is 5.47. The summed E-state index contributed by atoms with van der Waals surface area (Å²) in [5, 5.41) is 4.84. The molecular formula is C43H32N4. The van der Waals surface area contributed by atoms with Crippen LogP contribution in [0.15, 0.2) is 167 Å². The number of benzene rings is 6. The summed E-state index contributed by atoms with van der Waals surface area (Å²) in [6.07, 6.45) is 1.72. The van der Waals surface area contributed by atoms with Crippen LogP contribution in [-0.2, 0) is 0 Å². The molecule has 0 amide bonds. The highest BCUT2D eigenvalue weighted by Gasteiger charge is 2.22. The zero-order valence-electron chi connectivity index (χ0n) is 26.1. The standard InChI is InChI=1S/C43H32N4/c1-29-25-26-37(30-15-5-2-6-16-30)44-43(45-42(29)31-17-7-3-8-18-31)47-39-24-14-12-22-34(39)36-27-35-33-21-11-13-23-38(33)46(40(35)28-41(36)47)32-19-9-4-10-20-32/h2-24,27-28H,25-26H2,1H3/b42-29+,44-37?,45-43?. The fourth-order valence-corrected chi connectivity index (χ4v) is 7.17. The highest BCUT2D eigenvalue weighted by molar-refractivity contribution is 6.22. The highest BCUT2D eigenvalue weighted by atomic mass is 15.2. The molecule has 1 aliphatic rings. The van der Waals surface area contributed by atoms with Gasteiger partial charge in [-0.2, -0.15) is 0 Å². The average molecular weight is 605 g/mol. The van der Waals surface area contributed by atoms with Crippen molar-refractivity contribution in [2.45, 2.75) is 19.8 Å². The number of aliphatic imine (C=N–C) groups is 2. The monoisotopic (exact) mass is 604 g/mol. The van der Waals surface area contributed by atoms with Crippen molar-refractivity contribution in [3.8, 4) is 5.69 Å². The zero-order chi connectivity index (χ0) is 31.3. The third-order valence-electron chi connectivity index (χ3n) is 9.42. The molecule has 1 aliphatic heterocycles. The Morgan fingerprint density at radius 1 is 0.447 bits per heavy atom. The van der Waals surface area contributed by atoms with Crippen LogP contribution in [0.2, 0.25) is 0 Å². The van der Waals surface area contributed by atoms with Gasteiger partial charge in [0, 0.05) is 32.8 Å². The summed E-state index contributed by atoms with van der Waals surface area (Å²) in [6, 6.07) is 53.8. The lowest BCUT2D eigenvalue weighted by Crippen LogP contribution is -2.16. The molecule has 8 aromatic rings. The molecule has 0 N–H and O–H groups in total. The number of rotatable bonds is 3. The summed E-state index contributed by atoms with van der Waals surface area (Å²) >= 11 is 0. The predicted molar refractivity (Wildman–Crippen MR) is 198 cm³/mol. The van der Waals surface area contributed by atoms with Gasteiger partial charge >= 0.3 is 0 Å². The summed E-state index contributed by atoms with van der Waals surface area (Å²) in [5.41, 5.74) is 11.2. The molecule has 4 heteroatoms. The molecule has 4 nitrogen and oxygen atoms in total. The van der Waals surface area contributed by atoms with Gasteiger partial charge in [0.05, 0.1) is 33.5 Å². The van der Waals surface area contributed by atoms with Crippen LogP contribution >= 0.6 is 0 Å². The van der Waals surface area contributed by atoms with Gasteiger partial charge in [-0.1, -0.05) is 115 Å². The third-order valence-corrected chi connectivity index (χ3v) is 9.42. The van der Waals surface area contributed by atoms with Crippen LogP contribution in [0, 0.1) is 0 Å². The van der Waals surface area contributed by atoms with Crippen molar-refractivity contribution in [2.24, 2.45) is 9.98 Å². The van der Waals surface area contributed by atoms with E-state index in [2.05, 4.69) is 168 Å². The van der Waals surface area contributed by atoms with E-state index in [-0.39, 0.29) is 0 Å². The fourth-order valence-electron chi connectivity index (χ4n) is 7.17. The van der Waals surface area contributed by atoms with E-state index in [9.17, 15) is 0 Å². The quantitative estimate of drug-likeness (QED) is 0.192. The number of hydrogen-bond donors (Lipinski definition) is 0. The molecule has 0 saturated carbocycles. The van der Waals surface area contributed by atoms with Gasteiger partial charge in [-0.15, -0.1) is 0 Å². The van der Waals surface area contributed by atoms with Crippen LogP contribution in [0.3, 0.4) is 0 Å². The Morgan fingerprint density at radius 2 is 0.979 bits per heavy atom. The molecule has 224 valence electrons. The van der Waals surface area contributed by atoms with Crippen LogP contribution in [0.5, 0.6) is 0 Å². The van der Waals surface area contributed by atoms with Crippen molar-refractivity contribution >= 4 is 61.0 Å². The Kier molecular flexibility index (Phi) is 6.46. The first-order valence-corrected chi connectivity index (χ1v) is 16.2. The molecular weight excluding hydrogens is 573 g/mol. The molecule has 0 unspecified atom stereocenters. The van der Waals surface area contributed by atoms with E-state index in [0.29, 0.717) is 5.96 Å². The maximum Gasteiger partial charge on any atom is 0.235 e. The lowest BCUT2D eigenvalue weighted by Gasteiger charge is -2.17. The predicted octanol–water partition coefficient (Wildman–Crippen LogP) is 10.8. The van der Waals surface area contributed by atoms with Crippen LogP contribution in [0.1, 0.15) is 30.9 Å². The molecule has 47 heavy (non-hydrogen) atoms. The maximum atomic E-state index is 5.47. The second-order valence-electron chi connectivity index (χ2n) is 12.3. The van der Waals surface area contributed by atoms with Crippen molar-refractivity contribution < 1.29 is 0 Å². The Bertz CT molecular complexity index is 2550. The molecule has 9 rings (SSSR count). The number of fused-ring (bicyclic) bond motifs is 6. The van der Waals surface area contributed by atoms with Gasteiger partial charge in [-0.05, 0) is 67.3 Å². The Morgan fingerprint density at radius 3 is 1.64 bits per heavy atom. The lowest BCUT2D eigenvalue weighted by atomic mass is 9.99. The molecule has 0 saturated heterocycles. The van der Waals surface area contributed by atoms with E-state index in [0.717, 1.165) is 57.6 Å². The number of para-hydroxylation sites is 3. The Balaban J connectivity index is 1.41. The first-order valence-electron chi connectivity index (χ1n) is 16.2. The molecule has 0 spiro atoms. The average Bonchev–Trinajstić information content (AvgIpc) is 3.62. The van der Waals surface area contributed by atoms with E-state index in [1.807, 2.05) is 0 Å². The molecule has 0 bridgehead atoms. The molecule has 0 aliphatic carbocycles. The normalized spacial score (nSPS) is 15.6. The van der Waals surface area contributed by atoms with Gasteiger partial charge in [0.2, 0.25) is 5.96 Å². The molecule has 0 fully saturated rings. The molecule has 6 aromatic carbocycles. The minimum atomic E-state index is 0.676. The highest BCUT2D eigenvalue weighted by Crippen LogP contribution is 2.39. The van der Waals surface area contributed by atoms with Gasteiger partial charge in [0.25, 0.3) is 0 Å². The van der Waals surface area contributed by atoms with Crippen molar-refractivity contribution in [1.29, 1.82) is 0 Å². The molecule has 0 radical (unpaired) electrons. The summed E-state index contributed by atoms with van der Waals surface area (Å²) in [7, 11) is 0. The van der Waals surface area contributed by atoms with Gasteiger partial charge in [-0.25, -0.2) is 9.98 Å². The van der Waals surface area contributed by atoms with Crippen molar-refractivity contribution in [2.75, 3.05) is 0 Å². The second-order valence-corrected chi connectivity index (χ2v) is 12.3. The lowest BCUT2D eigenvalue weighted by molar-refractivity contribution is 0.998. The van der Waals surface area contributed by atoms with Crippen molar-refractivity contribution in [3.05, 3.63) is 168 Å². The van der Waals surface area contributed by atoms with Gasteiger partial charge < -0.3 is 4.57 Å². The van der Waals surface area contributed by atoms with Gasteiger partial charge in [0.15, 0.2) is 0 Å². The summed E-state index contributed by atoms with van der Waals surface area (Å²) in [6.45, 7) is 2.21. The largest absolute Gasteiger partial charge is 0.309 e. The van der Waals surface area contributed by atoms with Crippen LogP contribution in [0.25, 0.3) is 55.0 Å². The Hall–Kier alpha value is -6.00. The minimum absolute atomic E-state index is 0.676. The van der Waals surface area contributed by atoms with Crippen molar-refractivity contribution in [1.82, 2.24) is 9.13 Å². The van der Waals surface area contributed by atoms with Crippen molar-refractivity contribution in [3.63, 3.8) is 0 Å². The topological polar surface area (TPSA) is 34.6 Å². The molecule has 0 atom stereocenters. The number of hydrogen-bond acceptors (Lipinski definition) is 2. The van der Waals surface area contributed by atoms with Gasteiger partial charge in [-0.3, -0.25) is 4.57 Å². The first kappa shape index (κ1) is 27.3. The minimum Gasteiger partial charge on any atom is -0.309 e. The fraction of sp³-hybridized carbons (Fsp3) is 0.0698. The van der Waals surface area contributed by atoms with E-state index in [1.54, 1.807) is 0 Å². The summed E-state index contributed by atoms with van der Waals surface area (Å²) < 4.78 is 4.66. The van der Waals surface area contributed by atoms with E-state index in [1.165, 1.54) is 32.6 Å². The van der Waals surface area contributed by atoms with E-state index in [4.69, 9.17) is 9.98 Å². The van der Waals surface area contributed by atoms with E-state index < -0.39 is 0 Å². The Labute approximate surface area is 273 Å². The molecule has 3 heterocycles. The molecule has 2 aromatic heterocycles.